The second-order valence-corrected chi connectivity index (χ2v) is 4.18. The van der Waals surface area contributed by atoms with Crippen molar-refractivity contribution in [2.75, 3.05) is 12.4 Å². The molecule has 2 aromatic rings. The molecule has 0 saturated carbocycles. The summed E-state index contributed by atoms with van der Waals surface area (Å²) >= 11 is 5.74. The van der Waals surface area contributed by atoms with Crippen LogP contribution in [0.1, 0.15) is 0 Å². The number of hydrogen-bond acceptors (Lipinski definition) is 4. The zero-order valence-corrected chi connectivity index (χ0v) is 10.8. The molecule has 0 fully saturated rings. The van der Waals surface area contributed by atoms with Gasteiger partial charge >= 0.3 is 5.69 Å². The van der Waals surface area contributed by atoms with Crippen molar-refractivity contribution in [1.29, 1.82) is 0 Å². The lowest BCUT2D eigenvalue weighted by Crippen LogP contribution is -1.93. The Balaban J connectivity index is 2.29. The quantitative estimate of drug-likeness (QED) is 0.676. The number of nitro groups is 1. The maximum absolute atomic E-state index is 10.9. The maximum atomic E-state index is 10.9. The van der Waals surface area contributed by atoms with E-state index in [0.717, 1.165) is 5.69 Å². The van der Waals surface area contributed by atoms with Crippen LogP contribution in [0.2, 0.25) is 5.02 Å². The van der Waals surface area contributed by atoms with Gasteiger partial charge in [0, 0.05) is 23.8 Å². The van der Waals surface area contributed by atoms with Gasteiger partial charge in [-0.3, -0.25) is 10.1 Å². The molecule has 0 heterocycles. The number of hydrogen-bond donors (Lipinski definition) is 1. The van der Waals surface area contributed by atoms with Crippen LogP contribution in [0, 0.1) is 10.1 Å². The summed E-state index contributed by atoms with van der Waals surface area (Å²) in [7, 11) is 1.81. The van der Waals surface area contributed by atoms with Gasteiger partial charge in [-0.25, -0.2) is 0 Å². The summed E-state index contributed by atoms with van der Waals surface area (Å²) in [6.07, 6.45) is 0. The van der Waals surface area contributed by atoms with Crippen LogP contribution in [-0.4, -0.2) is 12.0 Å². The second-order valence-electron chi connectivity index (χ2n) is 3.75. The van der Waals surface area contributed by atoms with Crippen molar-refractivity contribution in [3.05, 3.63) is 57.6 Å². The number of nitrogens with one attached hydrogen (secondary N) is 1. The van der Waals surface area contributed by atoms with Gasteiger partial charge in [-0.05, 0) is 36.4 Å². The van der Waals surface area contributed by atoms with Crippen molar-refractivity contribution >= 4 is 23.0 Å². The zero-order chi connectivity index (χ0) is 13.8. The lowest BCUT2D eigenvalue weighted by atomic mass is 10.3. The molecule has 19 heavy (non-hydrogen) atoms. The summed E-state index contributed by atoms with van der Waals surface area (Å²) < 4.78 is 5.50. The van der Waals surface area contributed by atoms with Gasteiger partial charge < -0.3 is 10.1 Å². The molecule has 6 heteroatoms. The van der Waals surface area contributed by atoms with Gasteiger partial charge in [0.2, 0.25) is 5.75 Å². The Morgan fingerprint density at radius 1 is 1.21 bits per heavy atom. The molecule has 0 aromatic heterocycles. The van der Waals surface area contributed by atoms with Crippen LogP contribution in [0.4, 0.5) is 11.4 Å². The minimum atomic E-state index is -0.525. The maximum Gasteiger partial charge on any atom is 0.313 e. The van der Waals surface area contributed by atoms with E-state index in [0.29, 0.717) is 10.8 Å². The Morgan fingerprint density at radius 2 is 1.89 bits per heavy atom. The third-order valence-corrected chi connectivity index (χ3v) is 2.72. The fraction of sp³-hybridized carbons (Fsp3) is 0.0769. The molecule has 2 aromatic carbocycles. The molecule has 0 amide bonds. The van der Waals surface area contributed by atoms with E-state index in [4.69, 9.17) is 16.3 Å². The largest absolute Gasteiger partial charge is 0.450 e. The standard InChI is InChI=1S/C13H11ClN2O3/c1-15-10-3-5-11(6-4-10)19-13-7-2-9(14)8-12(13)16(17)18/h2-8,15H,1H3. The van der Waals surface area contributed by atoms with Crippen LogP contribution in [0.3, 0.4) is 0 Å². The van der Waals surface area contributed by atoms with Crippen LogP contribution >= 0.6 is 11.6 Å². The molecule has 0 radical (unpaired) electrons. The predicted molar refractivity (Wildman–Crippen MR) is 74.2 cm³/mol. The third kappa shape index (κ3) is 3.14. The van der Waals surface area contributed by atoms with Crippen LogP contribution in [0.5, 0.6) is 11.5 Å². The first-order chi connectivity index (χ1) is 9.10. The highest BCUT2D eigenvalue weighted by molar-refractivity contribution is 6.30. The van der Waals surface area contributed by atoms with Gasteiger partial charge in [0.15, 0.2) is 0 Å². The molecular formula is C13H11ClN2O3. The molecule has 0 aliphatic carbocycles. The van der Waals surface area contributed by atoms with Gasteiger partial charge in [-0.1, -0.05) is 11.6 Å². The number of benzene rings is 2. The Hall–Kier alpha value is -2.27. The average Bonchev–Trinajstić information content (AvgIpc) is 2.41. The summed E-state index contributed by atoms with van der Waals surface area (Å²) in [6.45, 7) is 0. The minimum Gasteiger partial charge on any atom is -0.450 e. The molecule has 2 rings (SSSR count). The first kappa shape index (κ1) is 13.2. The molecular weight excluding hydrogens is 268 g/mol. The molecule has 0 atom stereocenters. The lowest BCUT2D eigenvalue weighted by Gasteiger charge is -2.07. The monoisotopic (exact) mass is 278 g/mol. The third-order valence-electron chi connectivity index (χ3n) is 2.49. The highest BCUT2D eigenvalue weighted by Gasteiger charge is 2.16. The van der Waals surface area contributed by atoms with E-state index in [1.165, 1.54) is 12.1 Å². The molecule has 0 spiro atoms. The molecule has 0 aliphatic heterocycles. The second kappa shape index (κ2) is 5.58. The van der Waals surface area contributed by atoms with Crippen molar-refractivity contribution < 1.29 is 9.66 Å². The van der Waals surface area contributed by atoms with Crippen molar-refractivity contribution in [2.45, 2.75) is 0 Å². The molecule has 1 N–H and O–H groups in total. The molecule has 98 valence electrons. The van der Waals surface area contributed by atoms with Gasteiger partial charge in [-0.15, -0.1) is 0 Å². The summed E-state index contributed by atoms with van der Waals surface area (Å²) in [5, 5.41) is 14.2. The van der Waals surface area contributed by atoms with Gasteiger partial charge in [-0.2, -0.15) is 0 Å². The van der Waals surface area contributed by atoms with E-state index in [1.807, 2.05) is 12.1 Å². The Labute approximate surface area is 114 Å². The number of nitro benzene ring substituents is 1. The first-order valence-electron chi connectivity index (χ1n) is 5.50. The molecule has 5 nitrogen and oxygen atoms in total. The minimum absolute atomic E-state index is 0.159. The van der Waals surface area contributed by atoms with Gasteiger partial charge in [0.05, 0.1) is 4.92 Å². The molecule has 0 bridgehead atoms. The van der Waals surface area contributed by atoms with Crippen molar-refractivity contribution in [2.24, 2.45) is 0 Å². The molecule has 0 unspecified atom stereocenters. The van der Waals surface area contributed by atoms with Crippen LogP contribution < -0.4 is 10.1 Å². The summed E-state index contributed by atoms with van der Waals surface area (Å²) in [6, 6.07) is 11.4. The fourth-order valence-corrected chi connectivity index (χ4v) is 1.70. The Morgan fingerprint density at radius 3 is 2.47 bits per heavy atom. The van der Waals surface area contributed by atoms with E-state index in [1.54, 1.807) is 25.2 Å². The van der Waals surface area contributed by atoms with E-state index in [9.17, 15) is 10.1 Å². The highest BCUT2D eigenvalue weighted by atomic mass is 35.5. The van der Waals surface area contributed by atoms with Crippen LogP contribution in [0.15, 0.2) is 42.5 Å². The summed E-state index contributed by atoms with van der Waals surface area (Å²) in [5.74, 6) is 0.677. The highest BCUT2D eigenvalue weighted by Crippen LogP contribution is 2.33. The SMILES string of the molecule is CNc1ccc(Oc2ccc(Cl)cc2[N+](=O)[O-])cc1. The first-order valence-corrected chi connectivity index (χ1v) is 5.87. The van der Waals surface area contributed by atoms with Gasteiger partial charge in [0.25, 0.3) is 0 Å². The Bertz CT molecular complexity index is 599. The van der Waals surface area contributed by atoms with Crippen LogP contribution in [-0.2, 0) is 0 Å². The fourth-order valence-electron chi connectivity index (χ4n) is 1.54. The number of halogens is 1. The summed E-state index contributed by atoms with van der Waals surface area (Å²) in [5.41, 5.74) is 0.767. The lowest BCUT2D eigenvalue weighted by molar-refractivity contribution is -0.385. The topological polar surface area (TPSA) is 64.4 Å². The normalized spacial score (nSPS) is 10.0. The van der Waals surface area contributed by atoms with E-state index < -0.39 is 4.92 Å². The summed E-state index contributed by atoms with van der Waals surface area (Å²) in [4.78, 5) is 10.4. The van der Waals surface area contributed by atoms with E-state index in [-0.39, 0.29) is 11.4 Å². The number of anilines is 1. The van der Waals surface area contributed by atoms with E-state index in [2.05, 4.69) is 5.32 Å². The number of nitrogens with zero attached hydrogens (tertiary/aromatic N) is 1. The average molecular weight is 279 g/mol. The number of ether oxygens (including phenoxy) is 1. The van der Waals surface area contributed by atoms with Crippen molar-refractivity contribution in [1.82, 2.24) is 0 Å². The molecule has 0 saturated heterocycles. The Kier molecular flexibility index (Phi) is 3.87. The predicted octanol–water partition coefficient (Wildman–Crippen LogP) is 4.08. The van der Waals surface area contributed by atoms with Gasteiger partial charge in [0.1, 0.15) is 5.75 Å². The van der Waals surface area contributed by atoms with Crippen molar-refractivity contribution in [3.8, 4) is 11.5 Å². The molecule has 0 aliphatic rings. The van der Waals surface area contributed by atoms with Crippen LogP contribution in [0.25, 0.3) is 0 Å². The zero-order valence-electron chi connectivity index (χ0n) is 10.1. The van der Waals surface area contributed by atoms with Crippen molar-refractivity contribution in [3.63, 3.8) is 0 Å². The van der Waals surface area contributed by atoms with E-state index >= 15 is 0 Å². The smallest absolute Gasteiger partial charge is 0.313 e. The number of rotatable bonds is 4.